The number of nitrogens with zero attached hydrogens (tertiary/aromatic N) is 2. The molecule has 0 saturated heterocycles. The maximum absolute atomic E-state index is 4.88. The monoisotopic (exact) mass is 182 g/mol. The average molecular weight is 182 g/mol. The first-order valence-electron chi connectivity index (χ1n) is 3.54. The molecule has 1 atom stereocenters. The first-order chi connectivity index (χ1) is 5.74. The molecule has 0 saturated carbocycles. The summed E-state index contributed by atoms with van der Waals surface area (Å²) in [7, 11) is 1.52. The Kier molecular flexibility index (Phi) is 3.14. The highest BCUT2D eigenvalue weighted by atomic mass is 32.1. The predicted molar refractivity (Wildman–Crippen MR) is 53.0 cm³/mol. The van der Waals surface area contributed by atoms with Crippen LogP contribution in [0.15, 0.2) is 27.8 Å². The summed E-state index contributed by atoms with van der Waals surface area (Å²) in [6.07, 6.45) is 3.50. The van der Waals surface area contributed by atoms with E-state index in [4.69, 9.17) is 4.74 Å². The number of amidine groups is 1. The molecule has 0 aromatic carbocycles. The van der Waals surface area contributed by atoms with Crippen LogP contribution in [-0.2, 0) is 4.74 Å². The van der Waals surface area contributed by atoms with Crippen LogP contribution in [0.4, 0.5) is 0 Å². The van der Waals surface area contributed by atoms with Crippen molar-refractivity contribution in [3.05, 3.63) is 17.8 Å². The van der Waals surface area contributed by atoms with Gasteiger partial charge in [-0.3, -0.25) is 0 Å². The molecule has 1 unspecified atom stereocenters. The van der Waals surface area contributed by atoms with Crippen molar-refractivity contribution in [2.45, 2.75) is 12.2 Å². The molecule has 0 amide bonds. The second-order valence-corrected chi connectivity index (χ2v) is 3.05. The standard InChI is InChI=1S/C8H10N2OS/c1-6(12)7-4-3-5-9-8(10-7)11-2/h3-4,6,12H,1-2H3. The second kappa shape index (κ2) is 4.14. The van der Waals surface area contributed by atoms with E-state index < -0.39 is 0 Å². The number of rotatable bonds is 1. The molecule has 0 aromatic rings. The SMILES string of the molecule is COC1=NC(C(C)S)=CC=C=N1. The summed E-state index contributed by atoms with van der Waals surface area (Å²) in [6.45, 7) is 1.94. The van der Waals surface area contributed by atoms with E-state index >= 15 is 0 Å². The Hall–Kier alpha value is -0.990. The minimum Gasteiger partial charge on any atom is -0.466 e. The molecule has 64 valence electrons. The van der Waals surface area contributed by atoms with Gasteiger partial charge >= 0.3 is 6.02 Å². The summed E-state index contributed by atoms with van der Waals surface area (Å²) in [5, 5.41) is 0.0708. The first-order valence-corrected chi connectivity index (χ1v) is 4.06. The lowest BCUT2D eigenvalue weighted by Crippen LogP contribution is -2.00. The van der Waals surface area contributed by atoms with E-state index in [1.54, 1.807) is 6.08 Å². The third-order valence-corrected chi connectivity index (χ3v) is 1.59. The van der Waals surface area contributed by atoms with E-state index in [1.165, 1.54) is 7.11 Å². The largest absolute Gasteiger partial charge is 0.466 e. The number of hydrogen-bond donors (Lipinski definition) is 1. The third kappa shape index (κ3) is 2.26. The molecule has 1 heterocycles. The van der Waals surface area contributed by atoms with Crippen LogP contribution in [0.5, 0.6) is 0 Å². The Morgan fingerprint density at radius 2 is 2.42 bits per heavy atom. The Labute approximate surface area is 77.0 Å². The van der Waals surface area contributed by atoms with Gasteiger partial charge in [0, 0.05) is 11.3 Å². The lowest BCUT2D eigenvalue weighted by molar-refractivity contribution is 0.397. The van der Waals surface area contributed by atoms with Gasteiger partial charge in [-0.1, -0.05) is 0 Å². The molecule has 0 radical (unpaired) electrons. The zero-order valence-corrected chi connectivity index (χ0v) is 7.88. The van der Waals surface area contributed by atoms with Gasteiger partial charge in [-0.25, -0.2) is 0 Å². The Bertz CT molecular complexity index is 285. The van der Waals surface area contributed by atoms with Gasteiger partial charge in [0.1, 0.15) is 0 Å². The van der Waals surface area contributed by atoms with Crippen molar-refractivity contribution in [1.29, 1.82) is 0 Å². The Morgan fingerprint density at radius 3 is 3.00 bits per heavy atom. The van der Waals surface area contributed by atoms with Crippen LogP contribution < -0.4 is 0 Å². The highest BCUT2D eigenvalue weighted by Crippen LogP contribution is 2.11. The molecule has 3 nitrogen and oxygen atoms in total. The number of allylic oxidation sites excluding steroid dienone is 2. The van der Waals surface area contributed by atoms with E-state index in [9.17, 15) is 0 Å². The van der Waals surface area contributed by atoms with E-state index in [2.05, 4.69) is 28.5 Å². The molecule has 0 N–H and O–H groups in total. The lowest BCUT2D eigenvalue weighted by atomic mass is 10.3. The van der Waals surface area contributed by atoms with Crippen LogP contribution >= 0.6 is 12.6 Å². The van der Waals surface area contributed by atoms with Crippen LogP contribution in [0.2, 0.25) is 0 Å². The summed E-state index contributed by atoms with van der Waals surface area (Å²) < 4.78 is 4.88. The molecule has 0 aromatic heterocycles. The molecule has 1 aliphatic rings. The number of thiol groups is 1. The summed E-state index contributed by atoms with van der Waals surface area (Å²) in [6, 6.07) is 0.316. The fourth-order valence-corrected chi connectivity index (χ4v) is 0.856. The van der Waals surface area contributed by atoms with Crippen LogP contribution in [0.3, 0.4) is 0 Å². The quantitative estimate of drug-likeness (QED) is 0.611. The normalized spacial score (nSPS) is 17.9. The lowest BCUT2D eigenvalue weighted by Gasteiger charge is -2.03. The maximum atomic E-state index is 4.88. The molecule has 0 fully saturated rings. The van der Waals surface area contributed by atoms with Gasteiger partial charge in [0.15, 0.2) is 0 Å². The molecule has 4 heteroatoms. The predicted octanol–water partition coefficient (Wildman–Crippen LogP) is 1.43. The zero-order chi connectivity index (χ0) is 8.97. The van der Waals surface area contributed by atoms with Crippen molar-refractivity contribution in [1.82, 2.24) is 0 Å². The molecular weight excluding hydrogens is 172 g/mol. The van der Waals surface area contributed by atoms with Crippen molar-refractivity contribution < 1.29 is 4.74 Å². The average Bonchev–Trinajstić information content (AvgIpc) is 2.28. The Morgan fingerprint density at radius 1 is 1.67 bits per heavy atom. The fourth-order valence-electron chi connectivity index (χ4n) is 0.712. The highest BCUT2D eigenvalue weighted by molar-refractivity contribution is 7.81. The summed E-state index contributed by atoms with van der Waals surface area (Å²) >= 11 is 4.25. The van der Waals surface area contributed by atoms with Crippen LogP contribution in [0.25, 0.3) is 0 Å². The van der Waals surface area contributed by atoms with Crippen molar-refractivity contribution in [3.8, 4) is 0 Å². The minimum absolute atomic E-state index is 0.0708. The van der Waals surface area contributed by atoms with E-state index in [0.717, 1.165) is 5.70 Å². The van der Waals surface area contributed by atoms with Gasteiger partial charge in [-0.15, -0.1) is 0 Å². The summed E-state index contributed by atoms with van der Waals surface area (Å²) in [5.74, 6) is 2.67. The highest BCUT2D eigenvalue weighted by Gasteiger charge is 2.05. The van der Waals surface area contributed by atoms with Crippen molar-refractivity contribution in [2.24, 2.45) is 9.98 Å². The van der Waals surface area contributed by atoms with Gasteiger partial charge in [0.2, 0.25) is 0 Å². The molecule has 0 bridgehead atoms. The molecule has 1 aliphatic heterocycles. The van der Waals surface area contributed by atoms with Gasteiger partial charge in [0.25, 0.3) is 0 Å². The second-order valence-electron chi connectivity index (χ2n) is 2.27. The third-order valence-electron chi connectivity index (χ3n) is 1.32. The van der Waals surface area contributed by atoms with Gasteiger partial charge in [0.05, 0.1) is 12.8 Å². The molecule has 0 aliphatic carbocycles. The van der Waals surface area contributed by atoms with Crippen LogP contribution in [0, 0.1) is 0 Å². The number of methoxy groups -OCH3 is 1. The van der Waals surface area contributed by atoms with Crippen LogP contribution in [0.1, 0.15) is 6.92 Å². The van der Waals surface area contributed by atoms with E-state index in [1.807, 2.05) is 13.0 Å². The van der Waals surface area contributed by atoms with Crippen LogP contribution in [-0.4, -0.2) is 24.3 Å². The smallest absolute Gasteiger partial charge is 0.324 e. The number of hydrogen-bond acceptors (Lipinski definition) is 4. The number of ether oxygens (including phenoxy) is 1. The number of aliphatic imine (C=N–C) groups is 2. The topological polar surface area (TPSA) is 34.0 Å². The minimum atomic E-state index is 0.0708. The van der Waals surface area contributed by atoms with Crippen molar-refractivity contribution in [3.63, 3.8) is 0 Å². The van der Waals surface area contributed by atoms with Gasteiger partial charge in [-0.05, 0) is 18.9 Å². The van der Waals surface area contributed by atoms with Crippen molar-refractivity contribution in [2.75, 3.05) is 7.11 Å². The zero-order valence-electron chi connectivity index (χ0n) is 6.98. The molecule has 0 spiro atoms. The molecule has 12 heavy (non-hydrogen) atoms. The maximum Gasteiger partial charge on any atom is 0.324 e. The molecular formula is C8H10N2OS. The van der Waals surface area contributed by atoms with E-state index in [0.29, 0.717) is 6.02 Å². The Balaban J connectivity index is 2.93. The molecule has 1 rings (SSSR count). The summed E-state index contributed by atoms with van der Waals surface area (Å²) in [5.41, 5.74) is 0.823. The first kappa shape index (κ1) is 9.10. The fraction of sp³-hybridized carbons (Fsp3) is 0.375. The van der Waals surface area contributed by atoms with E-state index in [-0.39, 0.29) is 5.25 Å². The van der Waals surface area contributed by atoms with Crippen molar-refractivity contribution >= 4 is 24.5 Å². The summed E-state index contributed by atoms with van der Waals surface area (Å²) in [4.78, 5) is 7.92. The van der Waals surface area contributed by atoms with Gasteiger partial charge in [-0.2, -0.15) is 22.6 Å². The van der Waals surface area contributed by atoms with Gasteiger partial charge < -0.3 is 4.74 Å².